The van der Waals surface area contributed by atoms with Gasteiger partial charge in [-0.1, -0.05) is 30.9 Å². The van der Waals surface area contributed by atoms with Crippen molar-refractivity contribution in [1.29, 1.82) is 0 Å². The second kappa shape index (κ2) is 4.23. The average molecular weight is 220 g/mol. The Hall–Kier alpha value is -0.795. The molecule has 0 radical (unpaired) electrons. The van der Waals surface area contributed by atoms with E-state index in [1.54, 1.807) is 12.2 Å². The molecule has 88 valence electrons. The molecule has 0 aliphatic carbocycles. The molecule has 0 aromatic rings. The summed E-state index contributed by atoms with van der Waals surface area (Å²) in [6.45, 7) is 17.7. The summed E-state index contributed by atoms with van der Waals surface area (Å²) in [5.74, 6) is 0. The van der Waals surface area contributed by atoms with Crippen LogP contribution in [-0.2, 0) is 9.31 Å². The van der Waals surface area contributed by atoms with Crippen molar-refractivity contribution in [3.63, 3.8) is 0 Å². The zero-order valence-corrected chi connectivity index (χ0v) is 11.0. The largest absolute Gasteiger partial charge is 0.495 e. The third kappa shape index (κ3) is 2.16. The molecule has 1 fully saturated rings. The van der Waals surface area contributed by atoms with Crippen molar-refractivity contribution >= 4 is 7.12 Å². The van der Waals surface area contributed by atoms with E-state index < -0.39 is 0 Å². The van der Waals surface area contributed by atoms with E-state index in [1.165, 1.54) is 0 Å². The van der Waals surface area contributed by atoms with Crippen molar-refractivity contribution in [2.24, 2.45) is 0 Å². The highest BCUT2D eigenvalue weighted by Gasteiger charge is 2.52. The molecule has 1 heterocycles. The first-order valence-electron chi connectivity index (χ1n) is 5.56. The predicted octanol–water partition coefficient (Wildman–Crippen LogP) is 3.31. The molecule has 0 unspecified atom stereocenters. The van der Waals surface area contributed by atoms with Gasteiger partial charge in [0.15, 0.2) is 0 Å². The quantitative estimate of drug-likeness (QED) is 0.536. The van der Waals surface area contributed by atoms with Crippen molar-refractivity contribution < 1.29 is 9.31 Å². The van der Waals surface area contributed by atoms with Gasteiger partial charge >= 0.3 is 7.12 Å². The topological polar surface area (TPSA) is 18.5 Å². The van der Waals surface area contributed by atoms with Crippen LogP contribution < -0.4 is 0 Å². The van der Waals surface area contributed by atoms with Crippen LogP contribution >= 0.6 is 0 Å². The van der Waals surface area contributed by atoms with E-state index in [9.17, 15) is 0 Å². The molecule has 16 heavy (non-hydrogen) atoms. The Morgan fingerprint density at radius 2 is 1.44 bits per heavy atom. The molecule has 0 saturated carbocycles. The zero-order chi connectivity index (χ0) is 12.6. The maximum Gasteiger partial charge on any atom is 0.495 e. The summed E-state index contributed by atoms with van der Waals surface area (Å²) >= 11 is 0. The number of allylic oxidation sites excluding steroid dienone is 4. The first-order valence-corrected chi connectivity index (χ1v) is 5.56. The van der Waals surface area contributed by atoms with Crippen molar-refractivity contribution in [1.82, 2.24) is 0 Å². The van der Waals surface area contributed by atoms with Crippen LogP contribution in [0.5, 0.6) is 0 Å². The van der Waals surface area contributed by atoms with Crippen molar-refractivity contribution in [3.05, 3.63) is 36.4 Å². The molecular weight excluding hydrogens is 199 g/mol. The van der Waals surface area contributed by atoms with E-state index >= 15 is 0 Å². The third-order valence-corrected chi connectivity index (χ3v) is 3.49. The Labute approximate surface area is 99.2 Å². The van der Waals surface area contributed by atoms with Crippen molar-refractivity contribution in [2.45, 2.75) is 45.8 Å². The Balaban J connectivity index is 3.04. The smallest absolute Gasteiger partial charge is 0.399 e. The fraction of sp³-hybridized carbons (Fsp3) is 0.538. The Kier molecular flexibility index (Phi) is 3.51. The molecule has 3 heteroatoms. The van der Waals surface area contributed by atoms with Gasteiger partial charge in [0, 0.05) is 0 Å². The molecule has 0 aromatic heterocycles. The summed E-state index contributed by atoms with van der Waals surface area (Å²) in [4.78, 5) is 0. The van der Waals surface area contributed by atoms with Crippen LogP contribution in [0.15, 0.2) is 36.4 Å². The molecule has 1 saturated heterocycles. The fourth-order valence-corrected chi connectivity index (χ4v) is 1.53. The lowest BCUT2D eigenvalue weighted by Crippen LogP contribution is -2.41. The normalized spacial score (nSPS) is 23.9. The number of hydrogen-bond acceptors (Lipinski definition) is 2. The molecule has 0 aromatic carbocycles. The molecule has 0 bridgehead atoms. The molecule has 1 aliphatic heterocycles. The van der Waals surface area contributed by atoms with Gasteiger partial charge in [0.1, 0.15) is 0 Å². The molecule has 1 aliphatic rings. The van der Waals surface area contributed by atoms with Gasteiger partial charge in [0.2, 0.25) is 0 Å². The second-order valence-corrected chi connectivity index (χ2v) is 5.13. The molecule has 2 nitrogen and oxygen atoms in total. The minimum Gasteiger partial charge on any atom is -0.399 e. The Bertz CT molecular complexity index is 324. The molecule has 0 spiro atoms. The summed E-state index contributed by atoms with van der Waals surface area (Å²) in [6.07, 6.45) is 3.57. The highest BCUT2D eigenvalue weighted by Crippen LogP contribution is 2.39. The summed E-state index contributed by atoms with van der Waals surface area (Å²) in [6, 6.07) is 0. The van der Waals surface area contributed by atoms with Gasteiger partial charge in [-0.25, -0.2) is 0 Å². The SMILES string of the molecule is C=C/C(C)=C(\C=C)B1OC(C)(C)C(C)(C)O1. The van der Waals surface area contributed by atoms with Gasteiger partial charge in [0.05, 0.1) is 11.2 Å². The third-order valence-electron chi connectivity index (χ3n) is 3.49. The van der Waals surface area contributed by atoms with Gasteiger partial charge in [-0.05, 0) is 40.1 Å². The van der Waals surface area contributed by atoms with Crippen LogP contribution in [0.25, 0.3) is 0 Å². The minimum absolute atomic E-state index is 0.312. The van der Waals surface area contributed by atoms with Crippen LogP contribution in [0.1, 0.15) is 34.6 Å². The average Bonchev–Trinajstić information content (AvgIpc) is 2.36. The summed E-state index contributed by atoms with van der Waals surface area (Å²) in [5, 5.41) is 0. The zero-order valence-electron chi connectivity index (χ0n) is 11.0. The van der Waals surface area contributed by atoms with Crippen LogP contribution in [-0.4, -0.2) is 18.3 Å². The maximum atomic E-state index is 5.94. The minimum atomic E-state index is -0.347. The maximum absolute atomic E-state index is 5.94. The van der Waals surface area contributed by atoms with E-state index in [2.05, 4.69) is 13.2 Å². The van der Waals surface area contributed by atoms with Gasteiger partial charge < -0.3 is 9.31 Å². The fourth-order valence-electron chi connectivity index (χ4n) is 1.53. The standard InChI is InChI=1S/C13H21BO2/c1-8-10(3)11(9-2)14-15-12(4,5)13(6,7)16-14/h8-9H,1-2H2,3-7H3/b11-10+. The van der Waals surface area contributed by atoms with E-state index in [-0.39, 0.29) is 18.3 Å². The molecule has 0 atom stereocenters. The summed E-state index contributed by atoms with van der Waals surface area (Å²) in [5.41, 5.74) is 1.36. The highest BCUT2D eigenvalue weighted by atomic mass is 16.7. The summed E-state index contributed by atoms with van der Waals surface area (Å²) < 4.78 is 11.9. The van der Waals surface area contributed by atoms with E-state index in [1.807, 2.05) is 34.6 Å². The monoisotopic (exact) mass is 220 g/mol. The lowest BCUT2D eigenvalue weighted by atomic mass is 9.75. The second-order valence-electron chi connectivity index (χ2n) is 5.13. The van der Waals surface area contributed by atoms with Crippen LogP contribution in [0.3, 0.4) is 0 Å². The van der Waals surface area contributed by atoms with Gasteiger partial charge in [0.25, 0.3) is 0 Å². The van der Waals surface area contributed by atoms with Gasteiger partial charge in [-0.15, -0.1) is 0 Å². The number of rotatable bonds is 3. The van der Waals surface area contributed by atoms with Crippen molar-refractivity contribution in [3.8, 4) is 0 Å². The van der Waals surface area contributed by atoms with Crippen molar-refractivity contribution in [2.75, 3.05) is 0 Å². The first-order chi connectivity index (χ1) is 7.25. The predicted molar refractivity (Wildman–Crippen MR) is 69.2 cm³/mol. The van der Waals surface area contributed by atoms with E-state index in [0.717, 1.165) is 11.0 Å². The summed E-state index contributed by atoms with van der Waals surface area (Å²) in [7, 11) is -0.347. The van der Waals surface area contributed by atoms with Crippen LogP contribution in [0.4, 0.5) is 0 Å². The highest BCUT2D eigenvalue weighted by molar-refractivity contribution is 6.55. The van der Waals surface area contributed by atoms with Crippen LogP contribution in [0.2, 0.25) is 0 Å². The molecule has 0 N–H and O–H groups in total. The van der Waals surface area contributed by atoms with Gasteiger partial charge in [-0.2, -0.15) is 0 Å². The van der Waals surface area contributed by atoms with Gasteiger partial charge in [-0.3, -0.25) is 0 Å². The lowest BCUT2D eigenvalue weighted by molar-refractivity contribution is 0.00578. The molecule has 1 rings (SSSR count). The first kappa shape index (κ1) is 13.3. The molecule has 0 amide bonds. The Morgan fingerprint density at radius 1 is 1.00 bits per heavy atom. The lowest BCUT2D eigenvalue weighted by Gasteiger charge is -2.32. The number of hydrogen-bond donors (Lipinski definition) is 0. The molecular formula is C13H21BO2. The van der Waals surface area contributed by atoms with E-state index in [0.29, 0.717) is 0 Å². The van der Waals surface area contributed by atoms with E-state index in [4.69, 9.17) is 9.31 Å². The Morgan fingerprint density at radius 3 is 1.75 bits per heavy atom. The van der Waals surface area contributed by atoms with Crippen LogP contribution in [0, 0.1) is 0 Å².